The van der Waals surface area contributed by atoms with Gasteiger partial charge in [-0.25, -0.2) is 4.98 Å². The van der Waals surface area contributed by atoms with Gasteiger partial charge in [0.2, 0.25) is 5.95 Å². The summed E-state index contributed by atoms with van der Waals surface area (Å²) in [5.41, 5.74) is 3.19. The maximum atomic E-state index is 4.44. The molecule has 0 radical (unpaired) electrons. The molecule has 1 N–H and O–H groups in total. The summed E-state index contributed by atoms with van der Waals surface area (Å²) in [5, 5.41) is 3.30. The summed E-state index contributed by atoms with van der Waals surface area (Å²) >= 11 is 0. The van der Waals surface area contributed by atoms with Crippen LogP contribution in [0, 0.1) is 13.8 Å². The van der Waals surface area contributed by atoms with Crippen LogP contribution in [0.15, 0.2) is 24.7 Å². The molecular formula is C12H16N4. The Balaban J connectivity index is 2.30. The topological polar surface area (TPSA) is 42.7 Å². The molecule has 2 heterocycles. The van der Waals surface area contributed by atoms with Crippen LogP contribution in [0.2, 0.25) is 0 Å². The molecule has 2 rings (SSSR count). The largest absolute Gasteiger partial charge is 0.324 e. The molecule has 0 saturated carbocycles. The second kappa shape index (κ2) is 4.35. The fourth-order valence-electron chi connectivity index (χ4n) is 1.60. The monoisotopic (exact) mass is 216 g/mol. The maximum absolute atomic E-state index is 4.44. The quantitative estimate of drug-likeness (QED) is 0.857. The molecule has 0 amide bonds. The van der Waals surface area contributed by atoms with Crippen molar-refractivity contribution in [2.45, 2.75) is 27.3 Å². The van der Waals surface area contributed by atoms with Gasteiger partial charge in [-0.2, -0.15) is 0 Å². The van der Waals surface area contributed by atoms with Crippen LogP contribution < -0.4 is 5.32 Å². The van der Waals surface area contributed by atoms with E-state index in [9.17, 15) is 0 Å². The van der Waals surface area contributed by atoms with Crippen molar-refractivity contribution in [3.05, 3.63) is 35.9 Å². The molecule has 0 saturated heterocycles. The lowest BCUT2D eigenvalue weighted by molar-refractivity contribution is 0.771. The van der Waals surface area contributed by atoms with Crippen LogP contribution in [0.1, 0.15) is 18.2 Å². The Morgan fingerprint density at radius 1 is 1.38 bits per heavy atom. The molecule has 84 valence electrons. The summed E-state index contributed by atoms with van der Waals surface area (Å²) in [5.74, 6) is 0.871. The number of pyridine rings is 1. The van der Waals surface area contributed by atoms with Gasteiger partial charge in [0.1, 0.15) is 0 Å². The van der Waals surface area contributed by atoms with Crippen LogP contribution in [0.5, 0.6) is 0 Å². The minimum absolute atomic E-state index is 0.871. The zero-order chi connectivity index (χ0) is 11.5. The van der Waals surface area contributed by atoms with Gasteiger partial charge in [-0.05, 0) is 32.4 Å². The summed E-state index contributed by atoms with van der Waals surface area (Å²) in [6, 6.07) is 1.98. The van der Waals surface area contributed by atoms with Gasteiger partial charge in [0.15, 0.2) is 0 Å². The Labute approximate surface area is 95.4 Å². The summed E-state index contributed by atoms with van der Waals surface area (Å²) in [6.07, 6.45) is 5.64. The molecule has 0 aromatic carbocycles. The predicted molar refractivity (Wildman–Crippen MR) is 64.9 cm³/mol. The Kier molecular flexibility index (Phi) is 2.90. The van der Waals surface area contributed by atoms with Crippen molar-refractivity contribution in [3.63, 3.8) is 0 Å². The van der Waals surface area contributed by atoms with Crippen molar-refractivity contribution < 1.29 is 0 Å². The van der Waals surface area contributed by atoms with E-state index in [0.717, 1.165) is 23.9 Å². The number of rotatable bonds is 3. The van der Waals surface area contributed by atoms with Gasteiger partial charge in [0.05, 0.1) is 17.6 Å². The second-order valence-electron chi connectivity index (χ2n) is 3.81. The number of aromatic nitrogens is 3. The standard InChI is InChI=1S/C12H16N4/c1-4-16-8-10(3)14-12(16)15-11-7-13-6-5-9(11)2/h5-8H,4H2,1-3H3,(H,14,15). The zero-order valence-corrected chi connectivity index (χ0v) is 9.86. The highest BCUT2D eigenvalue weighted by atomic mass is 15.2. The van der Waals surface area contributed by atoms with E-state index in [1.54, 1.807) is 6.20 Å². The van der Waals surface area contributed by atoms with Crippen molar-refractivity contribution in [2.24, 2.45) is 0 Å². The van der Waals surface area contributed by atoms with E-state index in [1.165, 1.54) is 5.56 Å². The molecule has 0 spiro atoms. The minimum Gasteiger partial charge on any atom is -0.324 e. The van der Waals surface area contributed by atoms with Crippen molar-refractivity contribution in [1.82, 2.24) is 14.5 Å². The first-order valence-electron chi connectivity index (χ1n) is 5.42. The number of hydrogen-bond acceptors (Lipinski definition) is 3. The number of imidazole rings is 1. The molecule has 0 aliphatic carbocycles. The molecule has 16 heavy (non-hydrogen) atoms. The third kappa shape index (κ3) is 2.05. The molecule has 4 nitrogen and oxygen atoms in total. The first-order chi connectivity index (χ1) is 7.70. The third-order valence-electron chi connectivity index (χ3n) is 2.52. The Morgan fingerprint density at radius 2 is 2.19 bits per heavy atom. The van der Waals surface area contributed by atoms with Crippen LogP contribution in [0.25, 0.3) is 0 Å². The van der Waals surface area contributed by atoms with Gasteiger partial charge in [-0.15, -0.1) is 0 Å². The lowest BCUT2D eigenvalue weighted by Gasteiger charge is -2.09. The molecular weight excluding hydrogens is 200 g/mol. The van der Waals surface area contributed by atoms with E-state index < -0.39 is 0 Å². The molecule has 0 unspecified atom stereocenters. The number of nitrogens with one attached hydrogen (secondary N) is 1. The molecule has 0 fully saturated rings. The molecule has 0 atom stereocenters. The number of aryl methyl sites for hydroxylation is 3. The van der Waals surface area contributed by atoms with E-state index in [4.69, 9.17) is 0 Å². The summed E-state index contributed by atoms with van der Waals surface area (Å²) in [6.45, 7) is 7.05. The highest BCUT2D eigenvalue weighted by Crippen LogP contribution is 2.18. The van der Waals surface area contributed by atoms with Crippen molar-refractivity contribution in [3.8, 4) is 0 Å². The smallest absolute Gasteiger partial charge is 0.207 e. The van der Waals surface area contributed by atoms with Crippen LogP contribution in [-0.2, 0) is 6.54 Å². The van der Waals surface area contributed by atoms with Crippen LogP contribution >= 0.6 is 0 Å². The first kappa shape index (κ1) is 10.7. The van der Waals surface area contributed by atoms with Crippen LogP contribution in [-0.4, -0.2) is 14.5 Å². The van der Waals surface area contributed by atoms with E-state index in [0.29, 0.717) is 0 Å². The highest BCUT2D eigenvalue weighted by Gasteiger charge is 2.05. The van der Waals surface area contributed by atoms with Gasteiger partial charge in [-0.1, -0.05) is 0 Å². The van der Waals surface area contributed by atoms with E-state index >= 15 is 0 Å². The first-order valence-corrected chi connectivity index (χ1v) is 5.42. The Hall–Kier alpha value is -1.84. The van der Waals surface area contributed by atoms with Crippen molar-refractivity contribution >= 4 is 11.6 Å². The minimum atomic E-state index is 0.871. The maximum Gasteiger partial charge on any atom is 0.207 e. The zero-order valence-electron chi connectivity index (χ0n) is 9.86. The van der Waals surface area contributed by atoms with E-state index in [1.807, 2.05) is 25.4 Å². The average molecular weight is 216 g/mol. The lowest BCUT2D eigenvalue weighted by atomic mass is 10.2. The molecule has 2 aromatic heterocycles. The summed E-state index contributed by atoms with van der Waals surface area (Å²) in [4.78, 5) is 8.55. The van der Waals surface area contributed by atoms with Gasteiger partial charge in [0, 0.05) is 18.9 Å². The van der Waals surface area contributed by atoms with Crippen molar-refractivity contribution in [1.29, 1.82) is 0 Å². The number of anilines is 2. The SMILES string of the molecule is CCn1cc(C)nc1Nc1cnccc1C. The molecule has 4 heteroatoms. The highest BCUT2D eigenvalue weighted by molar-refractivity contribution is 5.56. The normalized spacial score (nSPS) is 10.4. The molecule has 2 aromatic rings. The number of hydrogen-bond donors (Lipinski definition) is 1. The van der Waals surface area contributed by atoms with Gasteiger partial charge in [-0.3, -0.25) is 4.98 Å². The van der Waals surface area contributed by atoms with Gasteiger partial charge < -0.3 is 9.88 Å². The average Bonchev–Trinajstić information content (AvgIpc) is 2.62. The molecule has 0 bridgehead atoms. The van der Waals surface area contributed by atoms with Crippen molar-refractivity contribution in [2.75, 3.05) is 5.32 Å². The fourth-order valence-corrected chi connectivity index (χ4v) is 1.60. The van der Waals surface area contributed by atoms with Crippen LogP contribution in [0.3, 0.4) is 0 Å². The lowest BCUT2D eigenvalue weighted by Crippen LogP contribution is -2.02. The predicted octanol–water partition coefficient (Wildman–Crippen LogP) is 2.66. The number of nitrogens with zero attached hydrogens (tertiary/aromatic N) is 3. The van der Waals surface area contributed by atoms with E-state index in [-0.39, 0.29) is 0 Å². The summed E-state index contributed by atoms with van der Waals surface area (Å²) in [7, 11) is 0. The Morgan fingerprint density at radius 3 is 2.88 bits per heavy atom. The van der Waals surface area contributed by atoms with Crippen LogP contribution in [0.4, 0.5) is 11.6 Å². The third-order valence-corrected chi connectivity index (χ3v) is 2.52. The molecule has 0 aliphatic rings. The second-order valence-corrected chi connectivity index (χ2v) is 3.81. The van der Waals surface area contributed by atoms with E-state index in [2.05, 4.69) is 33.7 Å². The Bertz CT molecular complexity index is 488. The van der Waals surface area contributed by atoms with Gasteiger partial charge in [0.25, 0.3) is 0 Å². The molecule has 0 aliphatic heterocycles. The van der Waals surface area contributed by atoms with Gasteiger partial charge >= 0.3 is 0 Å². The summed E-state index contributed by atoms with van der Waals surface area (Å²) < 4.78 is 2.09. The fraction of sp³-hybridized carbons (Fsp3) is 0.333.